The molecular weight excluding hydrogens is 272 g/mol. The lowest BCUT2D eigenvalue weighted by Crippen LogP contribution is -2.24. The third-order valence-corrected chi connectivity index (χ3v) is 3.34. The molecule has 0 heterocycles. The van der Waals surface area contributed by atoms with Gasteiger partial charge in [-0.05, 0) is 53.4 Å². The molecule has 0 spiro atoms. The van der Waals surface area contributed by atoms with E-state index in [1.54, 1.807) is 6.07 Å². The molecule has 0 aromatic heterocycles. The highest BCUT2D eigenvalue weighted by atomic mass is 79.9. The third-order valence-electron chi connectivity index (χ3n) is 2.68. The Morgan fingerprint density at radius 2 is 2.25 bits per heavy atom. The summed E-state index contributed by atoms with van der Waals surface area (Å²) in [6, 6.07) is 5.44. The van der Waals surface area contributed by atoms with Gasteiger partial charge in [0, 0.05) is 10.0 Å². The quantitative estimate of drug-likeness (QED) is 0.388. The van der Waals surface area contributed by atoms with E-state index in [1.165, 1.54) is 6.42 Å². The predicted octanol–water partition coefficient (Wildman–Crippen LogP) is 2.47. The van der Waals surface area contributed by atoms with E-state index in [2.05, 4.69) is 21.1 Å². The van der Waals surface area contributed by atoms with Gasteiger partial charge in [0.2, 0.25) is 0 Å². The number of amidine groups is 1. The normalized spacial score (nSPS) is 16.9. The summed E-state index contributed by atoms with van der Waals surface area (Å²) in [6.45, 7) is 0. The highest BCUT2D eigenvalue weighted by Crippen LogP contribution is 2.28. The van der Waals surface area contributed by atoms with E-state index in [0.717, 1.165) is 23.1 Å². The van der Waals surface area contributed by atoms with Crippen LogP contribution in [-0.4, -0.2) is 17.1 Å². The van der Waals surface area contributed by atoms with Crippen molar-refractivity contribution in [1.82, 2.24) is 0 Å². The Morgan fingerprint density at radius 1 is 1.50 bits per heavy atom. The number of oxime groups is 1. The van der Waals surface area contributed by atoms with Crippen LogP contribution in [0.15, 0.2) is 27.8 Å². The van der Waals surface area contributed by atoms with E-state index in [0.29, 0.717) is 11.7 Å². The molecule has 4 nitrogen and oxygen atoms in total. The van der Waals surface area contributed by atoms with Crippen LogP contribution < -0.4 is 10.5 Å². The third kappa shape index (κ3) is 2.29. The molecule has 1 aromatic rings. The maximum absolute atomic E-state index is 8.59. The van der Waals surface area contributed by atoms with E-state index in [1.807, 2.05) is 12.1 Å². The Hall–Kier alpha value is -1.23. The summed E-state index contributed by atoms with van der Waals surface area (Å²) in [5.41, 5.74) is 6.17. The van der Waals surface area contributed by atoms with Gasteiger partial charge in [-0.2, -0.15) is 0 Å². The fourth-order valence-electron chi connectivity index (χ4n) is 1.51. The second kappa shape index (κ2) is 4.74. The van der Waals surface area contributed by atoms with Crippen molar-refractivity contribution in [2.24, 2.45) is 10.9 Å². The summed E-state index contributed by atoms with van der Waals surface area (Å²) < 4.78 is 6.49. The van der Waals surface area contributed by atoms with Crippen molar-refractivity contribution in [3.05, 3.63) is 28.2 Å². The Balaban J connectivity index is 2.15. The van der Waals surface area contributed by atoms with Crippen molar-refractivity contribution in [3.63, 3.8) is 0 Å². The molecule has 0 bridgehead atoms. The molecule has 2 rings (SSSR count). The molecule has 1 aromatic carbocycles. The lowest BCUT2D eigenvalue weighted by molar-refractivity contribution is 0.120. The molecule has 0 atom stereocenters. The number of halogens is 1. The average molecular weight is 285 g/mol. The minimum absolute atomic E-state index is 0.0852. The Morgan fingerprint density at radius 3 is 2.75 bits per heavy atom. The van der Waals surface area contributed by atoms with Crippen LogP contribution in [0.5, 0.6) is 5.75 Å². The van der Waals surface area contributed by atoms with Gasteiger partial charge in [0.05, 0.1) is 6.10 Å². The minimum Gasteiger partial charge on any atom is -0.490 e. The number of rotatable bonds is 3. The van der Waals surface area contributed by atoms with Crippen molar-refractivity contribution in [1.29, 1.82) is 0 Å². The standard InChI is InChI=1S/C11H13BrN2O2/c12-10-6-8(16-7-2-1-3-7)4-5-9(10)11(13)14-15/h4-7,15H,1-3H2,(H2,13,14). The molecule has 3 N–H and O–H groups in total. The summed E-state index contributed by atoms with van der Waals surface area (Å²) in [4.78, 5) is 0. The van der Waals surface area contributed by atoms with Gasteiger partial charge in [0.25, 0.3) is 0 Å². The monoisotopic (exact) mass is 284 g/mol. The second-order valence-electron chi connectivity index (χ2n) is 3.80. The summed E-state index contributed by atoms with van der Waals surface area (Å²) in [7, 11) is 0. The highest BCUT2D eigenvalue weighted by Gasteiger charge is 2.19. The largest absolute Gasteiger partial charge is 0.490 e. The van der Waals surface area contributed by atoms with E-state index < -0.39 is 0 Å². The molecule has 1 fully saturated rings. The zero-order valence-corrected chi connectivity index (χ0v) is 10.3. The molecule has 16 heavy (non-hydrogen) atoms. The summed E-state index contributed by atoms with van der Waals surface area (Å²) in [6.07, 6.45) is 3.84. The first kappa shape index (κ1) is 11.3. The number of hydrogen-bond acceptors (Lipinski definition) is 3. The Kier molecular flexibility index (Phi) is 3.33. The highest BCUT2D eigenvalue weighted by molar-refractivity contribution is 9.10. The van der Waals surface area contributed by atoms with Crippen LogP contribution in [0.2, 0.25) is 0 Å². The zero-order chi connectivity index (χ0) is 11.5. The summed E-state index contributed by atoms with van der Waals surface area (Å²) in [5, 5.41) is 11.5. The molecule has 0 saturated heterocycles. The molecule has 0 radical (unpaired) electrons. The topological polar surface area (TPSA) is 67.8 Å². The van der Waals surface area contributed by atoms with Gasteiger partial charge >= 0.3 is 0 Å². The van der Waals surface area contributed by atoms with Crippen molar-refractivity contribution >= 4 is 21.8 Å². The maximum Gasteiger partial charge on any atom is 0.171 e. The van der Waals surface area contributed by atoms with Crippen molar-refractivity contribution in [2.45, 2.75) is 25.4 Å². The lowest BCUT2D eigenvalue weighted by Gasteiger charge is -2.26. The first-order valence-corrected chi connectivity index (χ1v) is 5.94. The molecule has 5 heteroatoms. The second-order valence-corrected chi connectivity index (χ2v) is 4.65. The Bertz CT molecular complexity index is 416. The number of nitrogens with zero attached hydrogens (tertiary/aromatic N) is 1. The molecule has 0 amide bonds. The Labute approximate surface area is 102 Å². The average Bonchev–Trinajstić information content (AvgIpc) is 2.23. The summed E-state index contributed by atoms with van der Waals surface area (Å²) >= 11 is 3.37. The predicted molar refractivity (Wildman–Crippen MR) is 64.9 cm³/mol. The molecule has 0 aliphatic heterocycles. The number of hydrogen-bond donors (Lipinski definition) is 2. The van der Waals surface area contributed by atoms with Crippen LogP contribution >= 0.6 is 15.9 Å². The molecule has 1 aliphatic carbocycles. The van der Waals surface area contributed by atoms with Crippen LogP contribution in [0.25, 0.3) is 0 Å². The smallest absolute Gasteiger partial charge is 0.171 e. The van der Waals surface area contributed by atoms with Gasteiger partial charge < -0.3 is 15.7 Å². The van der Waals surface area contributed by atoms with E-state index in [-0.39, 0.29) is 5.84 Å². The first-order chi connectivity index (χ1) is 7.70. The SMILES string of the molecule is N/C(=N/O)c1ccc(OC2CCC2)cc1Br. The van der Waals surface area contributed by atoms with Crippen LogP contribution in [-0.2, 0) is 0 Å². The van der Waals surface area contributed by atoms with Crippen molar-refractivity contribution in [3.8, 4) is 5.75 Å². The van der Waals surface area contributed by atoms with E-state index in [9.17, 15) is 0 Å². The van der Waals surface area contributed by atoms with Gasteiger partial charge in [-0.25, -0.2) is 0 Å². The van der Waals surface area contributed by atoms with Gasteiger partial charge in [-0.3, -0.25) is 0 Å². The van der Waals surface area contributed by atoms with Gasteiger partial charge in [-0.15, -0.1) is 0 Å². The number of ether oxygens (including phenoxy) is 1. The number of benzene rings is 1. The van der Waals surface area contributed by atoms with Crippen LogP contribution in [0.1, 0.15) is 24.8 Å². The zero-order valence-electron chi connectivity index (χ0n) is 8.69. The van der Waals surface area contributed by atoms with Gasteiger partial charge in [0.15, 0.2) is 5.84 Å². The first-order valence-electron chi connectivity index (χ1n) is 5.15. The lowest BCUT2D eigenvalue weighted by atomic mass is 9.96. The number of nitrogens with two attached hydrogens (primary N) is 1. The fourth-order valence-corrected chi connectivity index (χ4v) is 2.07. The molecule has 1 saturated carbocycles. The van der Waals surface area contributed by atoms with Crippen molar-refractivity contribution < 1.29 is 9.94 Å². The minimum atomic E-state index is 0.0852. The van der Waals surface area contributed by atoms with Crippen LogP contribution in [0, 0.1) is 0 Å². The fraction of sp³-hybridized carbons (Fsp3) is 0.364. The van der Waals surface area contributed by atoms with Crippen LogP contribution in [0.3, 0.4) is 0 Å². The molecular formula is C11H13BrN2O2. The van der Waals surface area contributed by atoms with Crippen molar-refractivity contribution in [2.75, 3.05) is 0 Å². The van der Waals surface area contributed by atoms with Gasteiger partial charge in [-0.1, -0.05) is 5.16 Å². The molecule has 1 aliphatic rings. The molecule has 86 valence electrons. The summed E-state index contributed by atoms with van der Waals surface area (Å²) in [5.74, 6) is 0.896. The van der Waals surface area contributed by atoms with Gasteiger partial charge in [0.1, 0.15) is 5.75 Å². The van der Waals surface area contributed by atoms with E-state index >= 15 is 0 Å². The maximum atomic E-state index is 8.59. The van der Waals surface area contributed by atoms with Crippen LogP contribution in [0.4, 0.5) is 0 Å². The van der Waals surface area contributed by atoms with E-state index in [4.69, 9.17) is 15.7 Å². The molecule has 0 unspecified atom stereocenters.